The molecular formula is C28H34N8O2. The van der Waals surface area contributed by atoms with Crippen LogP contribution in [0.25, 0.3) is 0 Å². The number of allylic oxidation sites excluding steroid dienone is 3. The second-order valence-corrected chi connectivity index (χ2v) is 10.7. The maximum atomic E-state index is 13.5. The third-order valence-corrected chi connectivity index (χ3v) is 8.69. The molecule has 1 aliphatic carbocycles. The van der Waals surface area contributed by atoms with E-state index in [1.54, 1.807) is 18.5 Å². The zero-order valence-corrected chi connectivity index (χ0v) is 22.2. The molecule has 198 valence electrons. The molecule has 4 heterocycles. The highest BCUT2D eigenvalue weighted by Crippen LogP contribution is 2.55. The lowest BCUT2D eigenvalue weighted by Gasteiger charge is -2.45. The van der Waals surface area contributed by atoms with E-state index in [0.29, 0.717) is 57.1 Å². The van der Waals surface area contributed by atoms with Gasteiger partial charge in [0.25, 0.3) is 0 Å². The van der Waals surface area contributed by atoms with Crippen molar-refractivity contribution in [2.24, 2.45) is 10.4 Å². The first kappa shape index (κ1) is 25.9. The van der Waals surface area contributed by atoms with Gasteiger partial charge in [-0.3, -0.25) is 4.79 Å². The Morgan fingerprint density at radius 1 is 1.21 bits per heavy atom. The topological polar surface area (TPSA) is 122 Å². The van der Waals surface area contributed by atoms with Gasteiger partial charge in [-0.15, -0.1) is 0 Å². The van der Waals surface area contributed by atoms with Gasteiger partial charge in [0, 0.05) is 56.4 Å². The van der Waals surface area contributed by atoms with Crippen molar-refractivity contribution in [1.82, 2.24) is 14.9 Å². The van der Waals surface area contributed by atoms with Gasteiger partial charge in [0.1, 0.15) is 29.2 Å². The molecule has 1 saturated carbocycles. The van der Waals surface area contributed by atoms with Crippen molar-refractivity contribution in [3.63, 3.8) is 0 Å². The minimum atomic E-state index is -0.989. The number of aromatic nitrogens is 2. The fourth-order valence-electron chi connectivity index (χ4n) is 6.29. The van der Waals surface area contributed by atoms with E-state index in [1.165, 1.54) is 0 Å². The van der Waals surface area contributed by atoms with E-state index in [4.69, 9.17) is 9.72 Å². The van der Waals surface area contributed by atoms with Crippen LogP contribution in [0.1, 0.15) is 51.5 Å². The highest BCUT2D eigenvalue weighted by atomic mass is 16.5. The first-order valence-corrected chi connectivity index (χ1v) is 13.3. The Balaban J connectivity index is 1.44. The van der Waals surface area contributed by atoms with Crippen LogP contribution < -0.4 is 9.80 Å². The van der Waals surface area contributed by atoms with Crippen LogP contribution in [-0.2, 0) is 14.9 Å². The van der Waals surface area contributed by atoms with Crippen LogP contribution in [0, 0.1) is 28.1 Å². The third kappa shape index (κ3) is 4.13. The summed E-state index contributed by atoms with van der Waals surface area (Å²) in [4.78, 5) is 33.5. The molecular weight excluding hydrogens is 480 g/mol. The Hall–Kier alpha value is -3.76. The number of amides is 1. The number of hydrogen-bond acceptors (Lipinski definition) is 9. The maximum Gasteiger partial charge on any atom is 0.243 e. The highest BCUT2D eigenvalue weighted by Gasteiger charge is 2.52. The number of carbonyl (C=O) groups excluding carboxylic acids is 1. The van der Waals surface area contributed by atoms with Crippen LogP contribution in [0.2, 0.25) is 0 Å². The normalized spacial score (nSPS) is 24.3. The van der Waals surface area contributed by atoms with Crippen LogP contribution in [-0.4, -0.2) is 72.9 Å². The van der Waals surface area contributed by atoms with Crippen LogP contribution in [0.15, 0.2) is 34.9 Å². The molecule has 1 atom stereocenters. The standard InChI is InChI=1S/C28H34N8O2/c1-4-21(15-29)14-22(31-3)36-18-28(6-5-7-28)23-24(32-19-33-25(23)36)34-10-11-35(20(2)16-34)26(37)27(17-30)8-12-38-13-9-27/h4,14,19-20H,3,5-13,16,18H2,1-2H3/b21-4+,22-14+. The lowest BCUT2D eigenvalue weighted by molar-refractivity contribution is -0.146. The van der Waals surface area contributed by atoms with Crippen molar-refractivity contribution in [2.75, 3.05) is 49.2 Å². The summed E-state index contributed by atoms with van der Waals surface area (Å²) in [6.45, 7) is 11.0. The molecule has 1 amide bonds. The Morgan fingerprint density at radius 2 is 1.95 bits per heavy atom. The number of hydrogen-bond donors (Lipinski definition) is 0. The van der Waals surface area contributed by atoms with Gasteiger partial charge < -0.3 is 19.4 Å². The van der Waals surface area contributed by atoms with Crippen molar-refractivity contribution in [3.05, 3.63) is 35.4 Å². The second-order valence-electron chi connectivity index (χ2n) is 10.7. The van der Waals surface area contributed by atoms with Gasteiger partial charge >= 0.3 is 0 Å². The van der Waals surface area contributed by atoms with Gasteiger partial charge in [-0.05, 0) is 52.3 Å². The largest absolute Gasteiger partial charge is 0.381 e. The molecule has 5 rings (SSSR count). The number of anilines is 2. The fraction of sp³-hybridized carbons (Fsp3) is 0.571. The first-order chi connectivity index (χ1) is 18.4. The number of nitrogens with zero attached hydrogens (tertiary/aromatic N) is 8. The summed E-state index contributed by atoms with van der Waals surface area (Å²) in [6, 6.07) is 4.45. The van der Waals surface area contributed by atoms with E-state index >= 15 is 0 Å². The summed E-state index contributed by atoms with van der Waals surface area (Å²) in [6.07, 6.45) is 9.21. The molecule has 0 bridgehead atoms. The molecule has 38 heavy (non-hydrogen) atoms. The van der Waals surface area contributed by atoms with Gasteiger partial charge in [0.05, 0.1) is 17.7 Å². The van der Waals surface area contributed by atoms with Crippen molar-refractivity contribution in [1.29, 1.82) is 10.5 Å². The predicted octanol–water partition coefficient (Wildman–Crippen LogP) is 3.09. The van der Waals surface area contributed by atoms with E-state index in [9.17, 15) is 15.3 Å². The number of ether oxygens (including phenoxy) is 1. The lowest BCUT2D eigenvalue weighted by atomic mass is 9.66. The molecule has 1 aromatic heterocycles. The maximum absolute atomic E-state index is 13.5. The number of carbonyl (C=O) groups is 1. The van der Waals surface area contributed by atoms with Gasteiger partial charge in [0.15, 0.2) is 0 Å². The minimum Gasteiger partial charge on any atom is -0.381 e. The Bertz CT molecular complexity index is 1260. The van der Waals surface area contributed by atoms with Crippen molar-refractivity contribution in [3.8, 4) is 12.1 Å². The summed E-state index contributed by atoms with van der Waals surface area (Å²) >= 11 is 0. The van der Waals surface area contributed by atoms with Crippen molar-refractivity contribution in [2.45, 2.75) is 57.4 Å². The van der Waals surface area contributed by atoms with E-state index in [1.807, 2.05) is 18.7 Å². The van der Waals surface area contributed by atoms with E-state index < -0.39 is 5.41 Å². The predicted molar refractivity (Wildman–Crippen MR) is 143 cm³/mol. The molecule has 0 radical (unpaired) electrons. The number of aliphatic imine (C=N–C) groups is 1. The lowest BCUT2D eigenvalue weighted by Crippen LogP contribution is -2.58. The fourth-order valence-corrected chi connectivity index (χ4v) is 6.29. The summed E-state index contributed by atoms with van der Waals surface area (Å²) in [5.41, 5.74) is 0.593. The third-order valence-electron chi connectivity index (χ3n) is 8.69. The molecule has 4 aliphatic rings. The number of nitriles is 2. The average Bonchev–Trinajstić information content (AvgIpc) is 3.30. The Labute approximate surface area is 223 Å². The number of piperazine rings is 1. The van der Waals surface area contributed by atoms with Crippen molar-refractivity contribution >= 4 is 24.3 Å². The molecule has 1 aromatic rings. The number of rotatable bonds is 5. The molecule has 3 fully saturated rings. The molecule has 1 spiro atoms. The van der Waals surface area contributed by atoms with Crippen LogP contribution in [0.4, 0.5) is 11.6 Å². The monoisotopic (exact) mass is 514 g/mol. The molecule has 3 aliphatic heterocycles. The zero-order chi connectivity index (χ0) is 26.9. The molecule has 2 saturated heterocycles. The Morgan fingerprint density at radius 3 is 2.53 bits per heavy atom. The quantitative estimate of drug-likeness (QED) is 0.334. The second kappa shape index (κ2) is 10.2. The SMILES string of the molecule is C=N/C(=C\C(C#N)=C/C)N1CC2(CCC2)c2c(N3CCN(C(=O)C4(C#N)CCOCC4)C(C)C3)ncnc21. The van der Waals surface area contributed by atoms with Crippen LogP contribution >= 0.6 is 0 Å². The van der Waals surface area contributed by atoms with Crippen LogP contribution in [0.5, 0.6) is 0 Å². The van der Waals surface area contributed by atoms with Gasteiger partial charge in [-0.25, -0.2) is 15.0 Å². The van der Waals surface area contributed by atoms with Gasteiger partial charge in [0.2, 0.25) is 5.91 Å². The molecule has 0 aromatic carbocycles. The molecule has 10 heteroatoms. The van der Waals surface area contributed by atoms with E-state index in [-0.39, 0.29) is 17.4 Å². The van der Waals surface area contributed by atoms with E-state index in [2.05, 4.69) is 38.6 Å². The minimum absolute atomic E-state index is 0.0667. The number of fused-ring (bicyclic) bond motifs is 2. The highest BCUT2D eigenvalue weighted by molar-refractivity contribution is 5.86. The van der Waals surface area contributed by atoms with Gasteiger partial charge in [-0.1, -0.05) is 12.5 Å². The summed E-state index contributed by atoms with van der Waals surface area (Å²) < 4.78 is 5.43. The van der Waals surface area contributed by atoms with Gasteiger partial charge in [-0.2, -0.15) is 10.5 Å². The first-order valence-electron chi connectivity index (χ1n) is 13.3. The smallest absolute Gasteiger partial charge is 0.243 e. The molecule has 0 N–H and O–H groups in total. The van der Waals surface area contributed by atoms with Crippen LogP contribution in [0.3, 0.4) is 0 Å². The average molecular weight is 515 g/mol. The zero-order valence-electron chi connectivity index (χ0n) is 22.2. The molecule has 1 unspecified atom stereocenters. The van der Waals surface area contributed by atoms with E-state index in [0.717, 1.165) is 43.0 Å². The summed E-state index contributed by atoms with van der Waals surface area (Å²) in [7, 11) is 0. The van der Waals surface area contributed by atoms with Crippen molar-refractivity contribution < 1.29 is 9.53 Å². The molecule has 10 nitrogen and oxygen atoms in total. The summed E-state index contributed by atoms with van der Waals surface area (Å²) in [5.74, 6) is 2.26. The summed E-state index contributed by atoms with van der Waals surface area (Å²) in [5, 5.41) is 19.4. The Kier molecular flexibility index (Phi) is 6.93.